The van der Waals surface area contributed by atoms with Crippen LogP contribution < -0.4 is 49.6 Å². The molecule has 29 atom stereocenters. The van der Waals surface area contributed by atoms with Crippen LogP contribution in [-0.4, -0.2) is 457 Å². The molecular weight excluding hydrogens is 1350 g/mol. The number of hydrogen-bond donors (Lipinski definition) is 15. The van der Waals surface area contributed by atoms with E-state index in [1.165, 1.54) is 14.2 Å². The summed E-state index contributed by atoms with van der Waals surface area (Å²) in [6.07, 6.45) is -47.1. The van der Waals surface area contributed by atoms with Crippen molar-refractivity contribution in [2.45, 2.75) is 178 Å². The first-order valence-corrected chi connectivity index (χ1v) is 30.4. The molecule has 15 N–H and O–H groups in total. The van der Waals surface area contributed by atoms with Gasteiger partial charge in [0, 0.05) is 14.2 Å². The number of quaternary nitrogens is 4. The molecule has 5 saturated heterocycles. The van der Waals surface area contributed by atoms with Crippen molar-refractivity contribution >= 4 is 0 Å². The van der Waals surface area contributed by atoms with E-state index in [2.05, 4.69) is 0 Å². The molecule has 5 fully saturated rings. The predicted molar refractivity (Wildman–Crippen MR) is 307 cm³/mol. The molecule has 0 aromatic rings. The first kappa shape index (κ1) is 91.8. The molecule has 5 rings (SSSR count). The van der Waals surface area contributed by atoms with Gasteiger partial charge >= 0.3 is 0 Å². The van der Waals surface area contributed by atoms with Crippen LogP contribution in [0.3, 0.4) is 0 Å². The van der Waals surface area contributed by atoms with Gasteiger partial charge in [-0.2, -0.15) is 0 Å². The number of ether oxygens (including phenoxy) is 15. The zero-order valence-electron chi connectivity index (χ0n) is 56.1. The summed E-state index contributed by atoms with van der Waals surface area (Å²) in [5, 5.41) is 169. The zero-order valence-corrected chi connectivity index (χ0v) is 59.1. The van der Waals surface area contributed by atoms with Crippen LogP contribution in [0.1, 0.15) is 0 Å². The fourth-order valence-electron chi connectivity index (χ4n) is 11.4. The predicted octanol–water partition coefficient (Wildman–Crippen LogP) is -22.2. The third-order valence-electron chi connectivity index (χ3n) is 15.4. The summed E-state index contributed by atoms with van der Waals surface area (Å²) in [7, 11) is 24.8. The van der Waals surface area contributed by atoms with E-state index in [1.807, 2.05) is 84.6 Å². The van der Waals surface area contributed by atoms with Gasteiger partial charge in [-0.25, -0.2) is 0 Å². The van der Waals surface area contributed by atoms with Gasteiger partial charge in [-0.05, 0) is 0 Å². The average molecular weight is 1460 g/mol. The summed E-state index contributed by atoms with van der Waals surface area (Å²) in [6, 6.07) is 0. The van der Waals surface area contributed by atoms with Crippen LogP contribution in [0, 0.1) is 0 Å². The van der Waals surface area contributed by atoms with Crippen molar-refractivity contribution in [3.63, 3.8) is 0 Å². The Morgan fingerprint density at radius 3 is 0.830 bits per heavy atom. The van der Waals surface area contributed by atoms with Crippen molar-refractivity contribution in [2.24, 2.45) is 0 Å². The normalized spacial score (nSPS) is 38.2. The lowest BCUT2D eigenvalue weighted by Crippen LogP contribution is -3.00. The van der Waals surface area contributed by atoms with E-state index >= 15 is 0 Å². The highest BCUT2D eigenvalue weighted by Crippen LogP contribution is 2.36. The lowest BCUT2D eigenvalue weighted by Gasteiger charge is -2.49. The van der Waals surface area contributed by atoms with E-state index < -0.39 is 198 Å². The maximum atomic E-state index is 12.1. The second-order valence-corrected chi connectivity index (χ2v) is 28.3. The Bertz CT molecular complexity index is 2070. The Labute approximate surface area is 575 Å². The molecule has 5 aliphatic rings. The molecule has 0 spiro atoms. The van der Waals surface area contributed by atoms with Crippen LogP contribution in [0.2, 0.25) is 0 Å². The Morgan fingerprint density at radius 1 is 0.287 bits per heavy atom. The molecule has 0 radical (unpaired) electrons. The van der Waals surface area contributed by atoms with Crippen LogP contribution in [0.25, 0.3) is 0 Å². The topological polar surface area (TPSA) is 442 Å². The quantitative estimate of drug-likeness (QED) is 0.0262. The van der Waals surface area contributed by atoms with Gasteiger partial charge in [0.15, 0.2) is 31.5 Å². The summed E-state index contributed by atoms with van der Waals surface area (Å²) < 4.78 is 90.3. The number of likely N-dealkylation sites (N-methyl/N-ethyl adjacent to an activating group) is 4. The molecule has 94 heavy (non-hydrogen) atoms. The first-order valence-electron chi connectivity index (χ1n) is 30.4. The van der Waals surface area contributed by atoms with Gasteiger partial charge in [-0.1, -0.05) is 0 Å². The van der Waals surface area contributed by atoms with Gasteiger partial charge in [0.25, 0.3) is 0 Å². The molecule has 564 valence electrons. The van der Waals surface area contributed by atoms with Crippen LogP contribution >= 0.6 is 0 Å². The van der Waals surface area contributed by atoms with Crippen molar-refractivity contribution in [3.05, 3.63) is 0 Å². The molecule has 0 saturated carbocycles. The van der Waals surface area contributed by atoms with Gasteiger partial charge in [0.05, 0.1) is 144 Å². The number of methoxy groups -OCH3 is 2. The maximum absolute atomic E-state index is 12.1. The Hall–Kier alpha value is -0.200. The standard InChI is InChI=1S/C56H112N4O30.4ClH/c1-57(2,3)15-28(61)19-78-23-32-37(65)38(66)43(71)53(83-32)82-27-36-51(40(68)44(72)52(77-14)84-36)90-56-47(75)42(70)50(35(87-56)26-81-22-31(64)18-60(10,11)12)89-55-46(74)41(69)49(34(86-55)25-80-21-30(63)17-59(7,8)9)88-54-45(73)39(67)48(76-13)33(85-54)24-79-20-29(62)16-58(4,5)6;;;;/h28-56,61-75H,15-27H2,1-14H3;4*1H/q+4;;;;/p-4/t28?,29?,30?,31?,32-,33?,34-,35?,36-,37-,38?,39-,40?,41?,42-,43?,44?,45?,46?,47?,48+,49+,50+,51+,52-,53-,54-,55+,56-;;;;/m0..../s1. The monoisotopic (exact) mass is 1460 g/mol. The SMILES string of the molecule is CO[C@H]1O[C@@H](CO[C@H]2O[C@@H](COCC(O)C[N+](C)(C)C)[C@H](O)C(O)C2O)[C@@H](O[C@@H]2OC(COCC(O)C[N+](C)(C)C)[C@@H](O[C@H]3O[C@@H](COCC(O)C[N+](C)(C)C)[C@@H](O[C@@H]4OC(COCC(O)C[N+](C)(C)C)[C@@H](OC)[C@@H](O)C4O)C(O)C3O)[C@@H](O)C2O)C(O)C1O.[Cl-].[Cl-].[Cl-].[Cl-]. The van der Waals surface area contributed by atoms with Crippen LogP contribution in [0.4, 0.5) is 0 Å². The molecule has 34 nitrogen and oxygen atoms in total. The molecule has 0 amide bonds. The van der Waals surface area contributed by atoms with Gasteiger partial charge in [-0.15, -0.1) is 0 Å². The Kier molecular flexibility index (Phi) is 39.6. The smallest absolute Gasteiger partial charge is 0.187 e. The maximum Gasteiger partial charge on any atom is 0.187 e. The van der Waals surface area contributed by atoms with E-state index in [0.717, 1.165) is 0 Å². The third kappa shape index (κ3) is 27.9. The van der Waals surface area contributed by atoms with E-state index in [1.54, 1.807) is 0 Å². The van der Waals surface area contributed by atoms with Crippen LogP contribution in [-0.2, 0) is 71.1 Å². The fourth-order valence-corrected chi connectivity index (χ4v) is 11.4. The molecule has 38 heteroatoms. The lowest BCUT2D eigenvalue weighted by molar-refractivity contribution is -0.873. The summed E-state index contributed by atoms with van der Waals surface area (Å²) in [5.41, 5.74) is 0. The molecule has 0 aromatic carbocycles. The second-order valence-electron chi connectivity index (χ2n) is 28.3. The van der Waals surface area contributed by atoms with E-state index in [9.17, 15) is 76.6 Å². The van der Waals surface area contributed by atoms with E-state index in [-0.39, 0.29) is 102 Å². The largest absolute Gasteiger partial charge is 1.00 e. The van der Waals surface area contributed by atoms with Crippen molar-refractivity contribution in [1.29, 1.82) is 0 Å². The fraction of sp³-hybridized carbons (Fsp3) is 1.00. The Balaban J connectivity index is 0.0000110. The highest BCUT2D eigenvalue weighted by Gasteiger charge is 2.56. The van der Waals surface area contributed by atoms with E-state index in [0.29, 0.717) is 31.0 Å². The van der Waals surface area contributed by atoms with Gasteiger partial charge in [-0.3, -0.25) is 0 Å². The number of nitrogens with zero attached hydrogens (tertiary/aromatic N) is 4. The lowest BCUT2D eigenvalue weighted by atomic mass is 9.95. The molecular formula is C56H112Cl4N4O30. The zero-order chi connectivity index (χ0) is 67.5. The van der Waals surface area contributed by atoms with Gasteiger partial charge < -0.3 is 215 Å². The minimum absolute atomic E-state index is 0. The van der Waals surface area contributed by atoms with Crippen LogP contribution in [0.15, 0.2) is 0 Å². The average Bonchev–Trinajstić information content (AvgIpc) is 0.783. The minimum Gasteiger partial charge on any atom is -1.00 e. The second kappa shape index (κ2) is 40.6. The summed E-state index contributed by atoms with van der Waals surface area (Å²) >= 11 is 0. The summed E-state index contributed by atoms with van der Waals surface area (Å²) in [4.78, 5) is 0. The summed E-state index contributed by atoms with van der Waals surface area (Å²) in [6.45, 7) is -2.08. The Morgan fingerprint density at radius 2 is 0.532 bits per heavy atom. The van der Waals surface area contributed by atoms with Crippen molar-refractivity contribution in [1.82, 2.24) is 0 Å². The molecule has 0 aromatic heterocycles. The molecule has 5 aliphatic heterocycles. The molecule has 0 aliphatic carbocycles. The third-order valence-corrected chi connectivity index (χ3v) is 15.4. The number of rotatable bonds is 35. The van der Waals surface area contributed by atoms with E-state index in [4.69, 9.17) is 71.1 Å². The number of hydrogen-bond acceptors (Lipinski definition) is 30. The van der Waals surface area contributed by atoms with Crippen molar-refractivity contribution < 1.29 is 215 Å². The first-order chi connectivity index (χ1) is 41.7. The van der Waals surface area contributed by atoms with Crippen LogP contribution in [0.5, 0.6) is 0 Å². The number of aliphatic hydroxyl groups excluding tert-OH is 15. The highest BCUT2D eigenvalue weighted by molar-refractivity contribution is 4.99. The van der Waals surface area contributed by atoms with Gasteiger partial charge in [0.1, 0.15) is 173 Å². The molecule has 0 bridgehead atoms. The van der Waals surface area contributed by atoms with Gasteiger partial charge in [0.2, 0.25) is 0 Å². The number of halogens is 4. The summed E-state index contributed by atoms with van der Waals surface area (Å²) in [5.74, 6) is 0. The minimum atomic E-state index is -2.14. The molecule has 14 unspecified atom stereocenters. The van der Waals surface area contributed by atoms with Crippen molar-refractivity contribution in [2.75, 3.05) is 184 Å². The van der Waals surface area contributed by atoms with Crippen molar-refractivity contribution in [3.8, 4) is 0 Å². The molecule has 5 heterocycles. The highest BCUT2D eigenvalue weighted by atomic mass is 35.5. The number of aliphatic hydroxyl groups is 15.